The number of benzene rings is 3. The lowest BCUT2D eigenvalue weighted by Crippen LogP contribution is -2.73. The summed E-state index contributed by atoms with van der Waals surface area (Å²) in [4.78, 5) is 13.7. The van der Waals surface area contributed by atoms with Gasteiger partial charge in [-0.2, -0.15) is 0 Å². The summed E-state index contributed by atoms with van der Waals surface area (Å²) >= 11 is 1.74. The van der Waals surface area contributed by atoms with E-state index in [1.54, 1.807) is 11.8 Å². The second-order valence-electron chi connectivity index (χ2n) is 6.40. The first kappa shape index (κ1) is 17.6. The maximum atomic E-state index is 11.3. The highest BCUT2D eigenvalue weighted by Gasteiger charge is 2.22. The zero-order valence-electron chi connectivity index (χ0n) is 15.3. The van der Waals surface area contributed by atoms with Gasteiger partial charge in [-0.15, -0.1) is 0 Å². The number of quaternary nitrogens is 1. The van der Waals surface area contributed by atoms with Crippen molar-refractivity contribution < 1.29 is 14.8 Å². The van der Waals surface area contributed by atoms with Gasteiger partial charge >= 0.3 is 5.97 Å². The van der Waals surface area contributed by atoms with Gasteiger partial charge in [0, 0.05) is 27.5 Å². The Morgan fingerprint density at radius 3 is 2.56 bits per heavy atom. The maximum absolute atomic E-state index is 11.3. The van der Waals surface area contributed by atoms with Crippen LogP contribution < -0.4 is 20.5 Å². The number of thioether (sulfide) groups is 1. The summed E-state index contributed by atoms with van der Waals surface area (Å²) < 4.78 is 5.30. The third kappa shape index (κ3) is 3.18. The van der Waals surface area contributed by atoms with Crippen LogP contribution in [0.25, 0.3) is 22.6 Å². The summed E-state index contributed by atoms with van der Waals surface area (Å²) in [6.07, 6.45) is 0. The average Bonchev–Trinajstić information content (AvgIpc) is 2.67. The van der Waals surface area contributed by atoms with Crippen LogP contribution in [0.4, 0.5) is 5.69 Å². The van der Waals surface area contributed by atoms with Gasteiger partial charge in [-0.05, 0) is 46.7 Å². The highest BCUT2D eigenvalue weighted by Crippen LogP contribution is 2.43. The predicted octanol–water partition coefficient (Wildman–Crippen LogP) is 2.78. The van der Waals surface area contributed by atoms with Gasteiger partial charge in [-0.25, -0.2) is 0 Å². The van der Waals surface area contributed by atoms with E-state index in [2.05, 4.69) is 49.3 Å². The molecule has 3 aromatic carbocycles. The molecule has 0 bridgehead atoms. The number of para-hydroxylation sites is 1. The Bertz CT molecular complexity index is 1170. The zero-order valence-corrected chi connectivity index (χ0v) is 16.1. The predicted molar refractivity (Wildman–Crippen MR) is 110 cm³/mol. The van der Waals surface area contributed by atoms with Gasteiger partial charge in [0.15, 0.2) is 0 Å². The number of hydrogen-bond acceptors (Lipinski definition) is 3. The highest BCUT2D eigenvalue weighted by molar-refractivity contribution is 8.08. The molecule has 0 aliphatic carbocycles. The average molecular weight is 374 g/mol. The van der Waals surface area contributed by atoms with E-state index in [4.69, 9.17) is 4.74 Å². The Hall–Kier alpha value is -2.82. The molecule has 0 fully saturated rings. The molecule has 0 spiro atoms. The van der Waals surface area contributed by atoms with Crippen molar-refractivity contribution in [2.24, 2.45) is 0 Å². The van der Waals surface area contributed by atoms with Gasteiger partial charge < -0.3 is 10.1 Å². The Kier molecular flexibility index (Phi) is 4.60. The van der Waals surface area contributed by atoms with Gasteiger partial charge in [0.05, 0.1) is 7.05 Å². The number of rotatable bonds is 3. The smallest absolute Gasteiger partial charge is 0.308 e. The lowest BCUT2D eigenvalue weighted by molar-refractivity contribution is -0.539. The van der Waals surface area contributed by atoms with E-state index in [1.165, 1.54) is 23.1 Å². The van der Waals surface area contributed by atoms with E-state index < -0.39 is 0 Å². The Morgan fingerprint density at radius 1 is 1.00 bits per heavy atom. The van der Waals surface area contributed by atoms with Crippen LogP contribution in [0.1, 0.15) is 12.5 Å². The van der Waals surface area contributed by atoms with Gasteiger partial charge in [-0.3, -0.25) is 4.79 Å². The molecule has 0 amide bonds. The van der Waals surface area contributed by atoms with Crippen LogP contribution >= 0.6 is 11.8 Å². The van der Waals surface area contributed by atoms with Crippen molar-refractivity contribution in [1.82, 2.24) is 0 Å². The third-order valence-electron chi connectivity index (χ3n) is 4.61. The first-order valence-electron chi connectivity index (χ1n) is 8.80. The summed E-state index contributed by atoms with van der Waals surface area (Å²) in [5.41, 5.74) is 4.60. The fourth-order valence-electron chi connectivity index (χ4n) is 3.44. The Balaban J connectivity index is 2.02. The number of hydrogen-bond donors (Lipinski definition) is 1. The van der Waals surface area contributed by atoms with E-state index >= 15 is 0 Å². The summed E-state index contributed by atoms with van der Waals surface area (Å²) in [5.74, 6) is 0.247. The van der Waals surface area contributed by atoms with E-state index in [0.29, 0.717) is 5.75 Å². The number of nitrogens with two attached hydrogens (primary N) is 1. The minimum atomic E-state index is -0.316. The van der Waals surface area contributed by atoms with Crippen LogP contribution in [-0.4, -0.2) is 13.0 Å². The molecule has 1 aliphatic rings. The summed E-state index contributed by atoms with van der Waals surface area (Å²) in [7, 11) is 2.06. The fraction of sp³-hybridized carbons (Fsp3) is 0.0870. The van der Waals surface area contributed by atoms with E-state index in [-0.39, 0.29) is 5.97 Å². The molecule has 3 nitrogen and oxygen atoms in total. The monoisotopic (exact) mass is 374 g/mol. The van der Waals surface area contributed by atoms with Crippen molar-refractivity contribution in [3.8, 4) is 16.9 Å². The molecule has 2 N–H and O–H groups in total. The van der Waals surface area contributed by atoms with Gasteiger partial charge in [0.25, 0.3) is 0 Å². The van der Waals surface area contributed by atoms with Crippen molar-refractivity contribution in [3.63, 3.8) is 0 Å². The van der Waals surface area contributed by atoms with Crippen LogP contribution in [0.15, 0.2) is 65.6 Å². The first-order valence-corrected chi connectivity index (χ1v) is 9.62. The maximum Gasteiger partial charge on any atom is 0.308 e. The molecule has 0 radical (unpaired) electrons. The fourth-order valence-corrected chi connectivity index (χ4v) is 4.71. The quantitative estimate of drug-likeness (QED) is 0.436. The third-order valence-corrected chi connectivity index (χ3v) is 5.81. The van der Waals surface area contributed by atoms with Crippen LogP contribution in [-0.2, 0) is 4.79 Å². The summed E-state index contributed by atoms with van der Waals surface area (Å²) in [6.45, 7) is 5.70. The Morgan fingerprint density at radius 2 is 1.78 bits per heavy atom. The number of carbonyl (C=O) groups excluding carboxylic acids is 1. The summed E-state index contributed by atoms with van der Waals surface area (Å²) in [6, 6.07) is 20.4. The topological polar surface area (TPSA) is 42.9 Å². The van der Waals surface area contributed by atoms with Crippen molar-refractivity contribution in [2.45, 2.75) is 11.8 Å². The molecule has 4 rings (SSSR count). The van der Waals surface area contributed by atoms with E-state index in [1.807, 2.05) is 30.3 Å². The van der Waals surface area contributed by atoms with Crippen molar-refractivity contribution in [1.29, 1.82) is 0 Å². The van der Waals surface area contributed by atoms with Crippen molar-refractivity contribution in [3.05, 3.63) is 76.7 Å². The molecule has 0 aromatic heterocycles. The van der Waals surface area contributed by atoms with E-state index in [0.717, 1.165) is 26.5 Å². The standard InChI is InChI=1S/C23H19NO2S/c1-14-7-6-9-17-19-13-16(26-15(2)25)11-12-21(19)27-23(22(14)17)18-8-4-5-10-20(18)24-3/h4-13,24H,1H2,2-3H3/p+1. The molecular formula is C23H20NO2S+. The molecule has 0 unspecified atom stereocenters. The second kappa shape index (κ2) is 7.06. The van der Waals surface area contributed by atoms with Crippen molar-refractivity contribution >= 4 is 34.9 Å². The molecule has 0 atom stereocenters. The molecule has 0 saturated carbocycles. The first-order chi connectivity index (χ1) is 13.1. The lowest BCUT2D eigenvalue weighted by Gasteiger charge is -2.21. The molecule has 0 saturated heterocycles. The molecule has 134 valence electrons. The summed E-state index contributed by atoms with van der Waals surface area (Å²) in [5, 5.41) is 4.27. The lowest BCUT2D eigenvalue weighted by atomic mass is 9.99. The highest BCUT2D eigenvalue weighted by atomic mass is 32.2. The Labute approximate surface area is 162 Å². The molecular weight excluding hydrogens is 354 g/mol. The van der Waals surface area contributed by atoms with Crippen LogP contribution in [0, 0.1) is 0 Å². The van der Waals surface area contributed by atoms with Crippen molar-refractivity contribution in [2.75, 3.05) is 7.05 Å². The minimum Gasteiger partial charge on any atom is -0.427 e. The van der Waals surface area contributed by atoms with E-state index in [9.17, 15) is 4.79 Å². The number of esters is 1. The van der Waals surface area contributed by atoms with Gasteiger partial charge in [0.1, 0.15) is 11.4 Å². The number of fused-ring (bicyclic) bond motifs is 3. The molecule has 1 aliphatic heterocycles. The van der Waals surface area contributed by atoms with Crippen LogP contribution in [0.2, 0.25) is 0 Å². The minimum absolute atomic E-state index is 0.316. The van der Waals surface area contributed by atoms with Gasteiger partial charge in [0.2, 0.25) is 0 Å². The zero-order chi connectivity index (χ0) is 19.0. The largest absolute Gasteiger partial charge is 0.427 e. The molecule has 27 heavy (non-hydrogen) atoms. The van der Waals surface area contributed by atoms with Crippen LogP contribution in [0.3, 0.4) is 0 Å². The number of carbonyl (C=O) groups is 1. The SMILES string of the molecule is C=c1cccc2c1=C(c1ccccc1[NH2+]C)Sc1ccc(OC(C)=O)cc1-2. The number of ether oxygens (including phenoxy) is 1. The molecule has 1 heterocycles. The second-order valence-corrected chi connectivity index (χ2v) is 7.45. The molecule has 4 heteroatoms. The normalized spacial score (nSPS) is 12.3. The molecule has 3 aromatic rings. The van der Waals surface area contributed by atoms with Gasteiger partial charge in [-0.1, -0.05) is 48.7 Å². The van der Waals surface area contributed by atoms with Crippen LogP contribution in [0.5, 0.6) is 5.75 Å².